The molecule has 1 saturated heterocycles. The Morgan fingerprint density at radius 2 is 1.84 bits per heavy atom. The number of benzene rings is 2. The first-order chi connectivity index (χ1) is 21.4. The fourth-order valence-corrected chi connectivity index (χ4v) is 5.46. The number of alkyl carbamates (subject to hydrolysis) is 1. The van der Waals surface area contributed by atoms with E-state index in [-0.39, 0.29) is 12.6 Å². The minimum atomic E-state index is -4.49. The van der Waals surface area contributed by atoms with Crippen molar-refractivity contribution in [2.24, 2.45) is 0 Å². The number of carbonyl (C=O) groups excluding carboxylic acids is 2. The van der Waals surface area contributed by atoms with Crippen LogP contribution in [0.4, 0.5) is 40.0 Å². The van der Waals surface area contributed by atoms with Crippen LogP contribution in [0.25, 0.3) is 16.9 Å². The number of carbonyl (C=O) groups is 2. The van der Waals surface area contributed by atoms with E-state index < -0.39 is 29.5 Å². The maximum atomic E-state index is 13.8. The molecule has 0 saturated carbocycles. The van der Waals surface area contributed by atoms with E-state index >= 15 is 0 Å². The molecule has 2 bridgehead atoms. The number of halogens is 3. The van der Waals surface area contributed by atoms with E-state index in [1.165, 1.54) is 12.3 Å². The summed E-state index contributed by atoms with van der Waals surface area (Å²) in [4.78, 5) is 34.4. The molecule has 0 radical (unpaired) electrons. The van der Waals surface area contributed by atoms with Gasteiger partial charge in [-0.25, -0.2) is 19.3 Å². The lowest BCUT2D eigenvalue weighted by Gasteiger charge is -2.36. The third-order valence-electron chi connectivity index (χ3n) is 7.43. The predicted octanol–water partition coefficient (Wildman–Crippen LogP) is 6.00. The number of fused-ring (bicyclic) bond motifs is 4. The number of ether oxygens (including phenoxy) is 1. The monoisotopic (exact) mass is 620 g/mol. The van der Waals surface area contributed by atoms with Gasteiger partial charge in [0.1, 0.15) is 5.60 Å². The molecule has 0 aliphatic carbocycles. The maximum Gasteiger partial charge on any atom is 0.416 e. The Morgan fingerprint density at radius 1 is 1.04 bits per heavy atom. The average molecular weight is 621 g/mol. The highest BCUT2D eigenvalue weighted by atomic mass is 19.4. The van der Waals surface area contributed by atoms with E-state index in [1.807, 2.05) is 0 Å². The summed E-state index contributed by atoms with van der Waals surface area (Å²) in [6, 6.07) is 14.9. The Balaban J connectivity index is 1.23. The van der Waals surface area contributed by atoms with E-state index in [1.54, 1.807) is 72.8 Å². The van der Waals surface area contributed by atoms with Crippen molar-refractivity contribution in [3.05, 3.63) is 78.1 Å². The zero-order chi connectivity index (χ0) is 31.9. The second kappa shape index (κ2) is 11.4. The molecule has 2 aliphatic heterocycles. The van der Waals surface area contributed by atoms with Gasteiger partial charge in [0, 0.05) is 24.3 Å². The largest absolute Gasteiger partial charge is 0.444 e. The van der Waals surface area contributed by atoms with Gasteiger partial charge in [-0.15, -0.1) is 5.10 Å². The van der Waals surface area contributed by atoms with Crippen LogP contribution in [-0.4, -0.2) is 56.8 Å². The van der Waals surface area contributed by atoms with Gasteiger partial charge >= 0.3 is 18.3 Å². The molecule has 11 nitrogen and oxygen atoms in total. The topological polar surface area (TPSA) is 118 Å². The Labute approximate surface area is 257 Å². The first-order valence-corrected chi connectivity index (χ1v) is 14.4. The molecule has 2 aromatic heterocycles. The van der Waals surface area contributed by atoms with E-state index in [4.69, 9.17) is 9.72 Å². The van der Waals surface area contributed by atoms with Crippen LogP contribution in [0.5, 0.6) is 0 Å². The van der Waals surface area contributed by atoms with Crippen LogP contribution in [0, 0.1) is 0 Å². The van der Waals surface area contributed by atoms with Crippen LogP contribution >= 0.6 is 0 Å². The Kier molecular flexibility index (Phi) is 7.59. The quantitative estimate of drug-likeness (QED) is 0.281. The number of nitrogens with zero attached hydrogens (tertiary/aromatic N) is 6. The molecule has 3 amide bonds. The minimum absolute atomic E-state index is 0.112. The van der Waals surface area contributed by atoms with Crippen LogP contribution in [0.2, 0.25) is 0 Å². The van der Waals surface area contributed by atoms with Crippen LogP contribution in [0.15, 0.2) is 66.9 Å². The van der Waals surface area contributed by atoms with Gasteiger partial charge in [0.15, 0.2) is 5.82 Å². The zero-order valence-electron chi connectivity index (χ0n) is 24.8. The molecule has 45 heavy (non-hydrogen) atoms. The predicted molar refractivity (Wildman–Crippen MR) is 161 cm³/mol. The molecule has 2 aromatic carbocycles. The summed E-state index contributed by atoms with van der Waals surface area (Å²) >= 11 is 0. The fraction of sp³-hybridized carbons (Fsp3) is 0.323. The molecule has 2 aliphatic rings. The van der Waals surface area contributed by atoms with Gasteiger partial charge in [0.25, 0.3) is 0 Å². The van der Waals surface area contributed by atoms with Crippen molar-refractivity contribution in [2.75, 3.05) is 28.2 Å². The van der Waals surface area contributed by atoms with Crippen molar-refractivity contribution in [2.45, 2.75) is 51.6 Å². The van der Waals surface area contributed by atoms with Gasteiger partial charge in [-0.1, -0.05) is 23.4 Å². The number of amides is 3. The number of hydrogen-bond acceptors (Lipinski definition) is 7. The minimum Gasteiger partial charge on any atom is -0.444 e. The highest BCUT2D eigenvalue weighted by Gasteiger charge is 2.40. The number of nitrogens with one attached hydrogen (secondary N) is 2. The van der Waals surface area contributed by atoms with Gasteiger partial charge in [-0.3, -0.25) is 4.90 Å². The third-order valence-corrected chi connectivity index (χ3v) is 7.43. The molecule has 4 aromatic rings. The van der Waals surface area contributed by atoms with Gasteiger partial charge in [-0.2, -0.15) is 13.2 Å². The summed E-state index contributed by atoms with van der Waals surface area (Å²) in [7, 11) is 0. The van der Waals surface area contributed by atoms with E-state index in [0.717, 1.165) is 30.8 Å². The average Bonchev–Trinajstić information content (AvgIpc) is 3.63. The lowest BCUT2D eigenvalue weighted by molar-refractivity contribution is -0.137. The molecule has 1 fully saturated rings. The maximum absolute atomic E-state index is 13.8. The summed E-state index contributed by atoms with van der Waals surface area (Å²) in [5.74, 6) is 0.388. The van der Waals surface area contributed by atoms with Gasteiger partial charge < -0.3 is 20.3 Å². The first kappa shape index (κ1) is 29.9. The normalized spacial score (nSPS) is 15.9. The molecule has 234 valence electrons. The second-order valence-corrected chi connectivity index (χ2v) is 11.8. The number of rotatable bonds is 5. The molecule has 1 atom stereocenters. The summed E-state index contributed by atoms with van der Waals surface area (Å²) < 4.78 is 47.0. The standard InChI is InChI=1S/C31H31F3N8O3/c1-30(2,3)45-29(44)35-16-24-17-36-39-42(24)22-9-5-8-21(15-22)37-28(43)41-23-12-13-40(18-23)26-11-10-25(38-27(26)41)19-6-4-7-20(14-19)31(32,33)34/h4-11,14-15,17,23H,12-13,16,18H2,1-3H3,(H,35,44)(H,37,43)/t23-/m0/s1. The van der Waals surface area contributed by atoms with Crippen LogP contribution in [-0.2, 0) is 17.5 Å². The van der Waals surface area contributed by atoms with Crippen molar-refractivity contribution >= 4 is 29.3 Å². The van der Waals surface area contributed by atoms with Crippen LogP contribution in [0.1, 0.15) is 38.4 Å². The number of urea groups is 1. The molecular weight excluding hydrogens is 589 g/mol. The molecule has 0 unspecified atom stereocenters. The van der Waals surface area contributed by atoms with Crippen LogP contribution < -0.4 is 20.4 Å². The van der Waals surface area contributed by atoms with E-state index in [0.29, 0.717) is 40.7 Å². The Bertz CT molecular complexity index is 1750. The summed E-state index contributed by atoms with van der Waals surface area (Å²) in [6.07, 6.45) is -2.83. The number of alkyl halides is 3. The number of aromatic nitrogens is 4. The van der Waals surface area contributed by atoms with E-state index in [9.17, 15) is 22.8 Å². The lowest BCUT2D eigenvalue weighted by Crippen LogP contribution is -2.48. The molecule has 4 heterocycles. The summed E-state index contributed by atoms with van der Waals surface area (Å²) in [5, 5.41) is 13.7. The summed E-state index contributed by atoms with van der Waals surface area (Å²) in [5.41, 5.74) is 1.64. The Hall–Kier alpha value is -5.14. The van der Waals surface area contributed by atoms with Crippen molar-refractivity contribution in [1.82, 2.24) is 25.3 Å². The SMILES string of the molecule is CC(C)(C)OC(=O)NCc1cnnn1-c1cccc(NC(=O)N2c3nc(-c4cccc(C(F)(F)F)c4)ccc3N3CC[C@H]2C3)c1. The van der Waals surface area contributed by atoms with Gasteiger partial charge in [-0.05, 0) is 69.7 Å². The lowest BCUT2D eigenvalue weighted by atomic mass is 10.1. The van der Waals surface area contributed by atoms with Gasteiger partial charge in [0.05, 0.1) is 47.1 Å². The molecule has 6 rings (SSSR count). The molecule has 14 heteroatoms. The van der Waals surface area contributed by atoms with Crippen molar-refractivity contribution in [3.8, 4) is 16.9 Å². The molecular formula is C31H31F3N8O3. The number of anilines is 3. The number of hydrogen-bond donors (Lipinski definition) is 2. The number of pyridine rings is 1. The highest BCUT2D eigenvalue weighted by molar-refractivity contribution is 6.05. The molecule has 0 spiro atoms. The smallest absolute Gasteiger partial charge is 0.416 e. The fourth-order valence-electron chi connectivity index (χ4n) is 5.46. The van der Waals surface area contributed by atoms with Crippen molar-refractivity contribution < 1.29 is 27.5 Å². The summed E-state index contributed by atoms with van der Waals surface area (Å²) in [6.45, 7) is 6.78. The second-order valence-electron chi connectivity index (χ2n) is 11.8. The van der Waals surface area contributed by atoms with Crippen molar-refractivity contribution in [3.63, 3.8) is 0 Å². The zero-order valence-corrected chi connectivity index (χ0v) is 24.8. The highest BCUT2D eigenvalue weighted by Crippen LogP contribution is 2.41. The third kappa shape index (κ3) is 6.40. The van der Waals surface area contributed by atoms with Crippen molar-refractivity contribution in [1.29, 1.82) is 0 Å². The van der Waals surface area contributed by atoms with Gasteiger partial charge in [0.2, 0.25) is 0 Å². The Morgan fingerprint density at radius 3 is 2.62 bits per heavy atom. The molecule has 2 N–H and O–H groups in total. The van der Waals surface area contributed by atoms with E-state index in [2.05, 4.69) is 25.8 Å². The van der Waals surface area contributed by atoms with Crippen LogP contribution in [0.3, 0.4) is 0 Å². The first-order valence-electron chi connectivity index (χ1n) is 14.4.